The van der Waals surface area contributed by atoms with Gasteiger partial charge in [-0.1, -0.05) is 24.3 Å². The Hall–Kier alpha value is -3.85. The molecule has 9 heteroatoms. The van der Waals surface area contributed by atoms with Gasteiger partial charge >= 0.3 is 0 Å². The minimum Gasteiger partial charge on any atom is -0.350 e. The van der Waals surface area contributed by atoms with E-state index in [1.165, 1.54) is 24.3 Å². The van der Waals surface area contributed by atoms with E-state index in [4.69, 9.17) is 4.98 Å². The largest absolute Gasteiger partial charge is 0.350 e. The number of anilines is 1. The summed E-state index contributed by atoms with van der Waals surface area (Å²) < 4.78 is 30.9. The summed E-state index contributed by atoms with van der Waals surface area (Å²) in [5.74, 6) is -0.307. The van der Waals surface area contributed by atoms with Crippen molar-refractivity contribution in [1.29, 1.82) is 0 Å². The third kappa shape index (κ3) is 4.72. The van der Waals surface area contributed by atoms with Crippen molar-refractivity contribution in [2.45, 2.75) is 25.4 Å². The van der Waals surface area contributed by atoms with Crippen LogP contribution in [-0.4, -0.2) is 32.4 Å². The number of piperidine rings is 1. The quantitative estimate of drug-likeness (QED) is 0.438. The highest BCUT2D eigenvalue weighted by Crippen LogP contribution is 2.34. The zero-order valence-electron chi connectivity index (χ0n) is 19.3. The summed E-state index contributed by atoms with van der Waals surface area (Å²) in [5.41, 5.74) is 2.95. The average molecular weight is 477 g/mol. The van der Waals surface area contributed by atoms with E-state index in [9.17, 15) is 13.6 Å². The molecule has 0 spiro atoms. The fourth-order valence-electron chi connectivity index (χ4n) is 4.63. The molecule has 180 valence electrons. The molecule has 3 heterocycles. The molecule has 0 saturated carbocycles. The zero-order valence-corrected chi connectivity index (χ0v) is 19.3. The minimum absolute atomic E-state index is 0.108. The van der Waals surface area contributed by atoms with Crippen molar-refractivity contribution < 1.29 is 8.78 Å². The Balaban J connectivity index is 1.59. The van der Waals surface area contributed by atoms with Crippen molar-refractivity contribution in [3.8, 4) is 22.5 Å². The van der Waals surface area contributed by atoms with Gasteiger partial charge in [0.05, 0.1) is 23.0 Å². The second-order valence-corrected chi connectivity index (χ2v) is 8.63. The van der Waals surface area contributed by atoms with Crippen molar-refractivity contribution in [3.63, 3.8) is 0 Å². The topological polar surface area (TPSA) is 76.8 Å². The summed E-state index contributed by atoms with van der Waals surface area (Å²) >= 11 is 0. The van der Waals surface area contributed by atoms with E-state index in [-0.39, 0.29) is 23.2 Å². The first-order valence-corrected chi connectivity index (χ1v) is 11.6. The van der Waals surface area contributed by atoms with Crippen LogP contribution in [0.25, 0.3) is 22.5 Å². The summed E-state index contributed by atoms with van der Waals surface area (Å²) in [4.78, 5) is 22.5. The van der Waals surface area contributed by atoms with Crippen LogP contribution >= 0.6 is 0 Å². The van der Waals surface area contributed by atoms with Crippen molar-refractivity contribution in [3.05, 3.63) is 88.3 Å². The molecule has 1 aliphatic rings. The predicted molar refractivity (Wildman–Crippen MR) is 131 cm³/mol. The Morgan fingerprint density at radius 2 is 1.83 bits per heavy atom. The van der Waals surface area contributed by atoms with Crippen LogP contribution < -0.4 is 16.2 Å². The maximum Gasteiger partial charge on any atom is 0.274 e. The molecule has 7 nitrogen and oxygen atoms in total. The van der Waals surface area contributed by atoms with Gasteiger partial charge in [0.1, 0.15) is 11.6 Å². The van der Waals surface area contributed by atoms with Crippen LogP contribution in [0, 0.1) is 11.6 Å². The third-order valence-electron chi connectivity index (χ3n) is 6.32. The van der Waals surface area contributed by atoms with Crippen LogP contribution in [0.3, 0.4) is 0 Å². The van der Waals surface area contributed by atoms with Crippen molar-refractivity contribution in [2.75, 3.05) is 18.4 Å². The molecule has 1 saturated heterocycles. The Labute approximate surface area is 201 Å². The first-order valence-electron chi connectivity index (χ1n) is 11.6. The Morgan fingerprint density at radius 1 is 1.06 bits per heavy atom. The lowest BCUT2D eigenvalue weighted by Gasteiger charge is -2.27. The van der Waals surface area contributed by atoms with E-state index in [0.29, 0.717) is 35.0 Å². The number of aromatic nitrogens is 4. The van der Waals surface area contributed by atoms with Crippen LogP contribution in [0.1, 0.15) is 24.4 Å². The average Bonchev–Trinajstić information content (AvgIpc) is 3.14. The lowest BCUT2D eigenvalue weighted by molar-refractivity contribution is 0.313. The summed E-state index contributed by atoms with van der Waals surface area (Å²) in [6.07, 6.45) is 3.37. The fourth-order valence-corrected chi connectivity index (χ4v) is 4.63. The molecule has 4 aromatic rings. The van der Waals surface area contributed by atoms with E-state index in [1.54, 1.807) is 42.2 Å². The van der Waals surface area contributed by atoms with Gasteiger partial charge in [-0.2, -0.15) is 0 Å². The monoisotopic (exact) mass is 476 g/mol. The van der Waals surface area contributed by atoms with Crippen LogP contribution in [-0.2, 0) is 13.6 Å². The van der Waals surface area contributed by atoms with Crippen LogP contribution in [0.5, 0.6) is 0 Å². The lowest BCUT2D eigenvalue weighted by Crippen LogP contribution is -2.33. The maximum atomic E-state index is 13.7. The van der Waals surface area contributed by atoms with Gasteiger partial charge in [0.2, 0.25) is 5.95 Å². The molecule has 2 aromatic heterocycles. The van der Waals surface area contributed by atoms with Gasteiger partial charge in [-0.05, 0) is 67.4 Å². The second-order valence-electron chi connectivity index (χ2n) is 8.63. The fraction of sp³-hybridized carbons (Fsp3) is 0.269. The van der Waals surface area contributed by atoms with Crippen molar-refractivity contribution >= 4 is 5.95 Å². The molecular formula is C26H26F2N6O. The molecule has 0 radical (unpaired) electrons. The SMILES string of the molecule is Cn1c(=O)c(-c2ccc(F)cc2)c(-c2ccnc(NCc3cccc(F)c3)n2)n1C1CCNCC1. The smallest absolute Gasteiger partial charge is 0.274 e. The van der Waals surface area contributed by atoms with Gasteiger partial charge in [-0.25, -0.2) is 18.7 Å². The first kappa shape index (κ1) is 22.9. The molecule has 0 unspecified atom stereocenters. The molecule has 1 fully saturated rings. The molecule has 35 heavy (non-hydrogen) atoms. The van der Waals surface area contributed by atoms with Gasteiger partial charge in [-0.15, -0.1) is 0 Å². The number of benzene rings is 2. The van der Waals surface area contributed by atoms with Crippen LogP contribution in [0.4, 0.5) is 14.7 Å². The number of halogens is 2. The Kier molecular flexibility index (Phi) is 6.41. The zero-order chi connectivity index (χ0) is 24.4. The van der Waals surface area contributed by atoms with E-state index in [2.05, 4.69) is 15.6 Å². The molecule has 2 N–H and O–H groups in total. The lowest BCUT2D eigenvalue weighted by atomic mass is 10.0. The molecule has 0 bridgehead atoms. The minimum atomic E-state index is -0.365. The molecule has 2 aromatic carbocycles. The first-order chi connectivity index (χ1) is 17.0. The van der Waals surface area contributed by atoms with Crippen molar-refractivity contribution in [2.24, 2.45) is 7.05 Å². The van der Waals surface area contributed by atoms with Crippen LogP contribution in [0.2, 0.25) is 0 Å². The highest BCUT2D eigenvalue weighted by Gasteiger charge is 2.27. The predicted octanol–water partition coefficient (Wildman–Crippen LogP) is 4.13. The van der Waals surface area contributed by atoms with Crippen LogP contribution in [0.15, 0.2) is 65.6 Å². The molecule has 1 aliphatic heterocycles. The van der Waals surface area contributed by atoms with Gasteiger partial charge in [0.15, 0.2) is 0 Å². The summed E-state index contributed by atoms with van der Waals surface area (Å²) in [6.45, 7) is 2.06. The van der Waals surface area contributed by atoms with Gasteiger partial charge in [-0.3, -0.25) is 14.2 Å². The van der Waals surface area contributed by atoms with Gasteiger partial charge in [0, 0.05) is 19.8 Å². The normalized spacial score (nSPS) is 14.3. The molecule has 0 amide bonds. The van der Waals surface area contributed by atoms with E-state index in [1.807, 2.05) is 10.7 Å². The molecule has 0 atom stereocenters. The highest BCUT2D eigenvalue weighted by molar-refractivity contribution is 5.79. The van der Waals surface area contributed by atoms with E-state index in [0.717, 1.165) is 31.5 Å². The Morgan fingerprint density at radius 3 is 2.57 bits per heavy atom. The summed E-state index contributed by atoms with van der Waals surface area (Å²) in [6, 6.07) is 14.1. The number of nitrogens with one attached hydrogen (secondary N) is 2. The summed E-state index contributed by atoms with van der Waals surface area (Å²) in [5, 5.41) is 6.51. The molecule has 0 aliphatic carbocycles. The van der Waals surface area contributed by atoms with Gasteiger partial charge < -0.3 is 10.6 Å². The number of nitrogens with zero attached hydrogens (tertiary/aromatic N) is 4. The number of rotatable bonds is 6. The Bertz CT molecular complexity index is 1390. The maximum absolute atomic E-state index is 13.7. The molecular weight excluding hydrogens is 450 g/mol. The summed E-state index contributed by atoms with van der Waals surface area (Å²) in [7, 11) is 1.76. The second kappa shape index (κ2) is 9.79. The third-order valence-corrected chi connectivity index (χ3v) is 6.32. The number of hydrogen-bond donors (Lipinski definition) is 2. The van der Waals surface area contributed by atoms with E-state index >= 15 is 0 Å². The van der Waals surface area contributed by atoms with E-state index < -0.39 is 0 Å². The standard InChI is InChI=1S/C26H26F2N6O/c1-33-25(35)23(18-5-7-19(27)8-6-18)24(34(33)21-9-12-29-13-10-21)22-11-14-30-26(32-22)31-16-17-3-2-4-20(28)15-17/h2-8,11,14-15,21,29H,9-10,12-13,16H2,1H3,(H,30,31,32). The van der Waals surface area contributed by atoms with Crippen molar-refractivity contribution in [1.82, 2.24) is 24.6 Å². The highest BCUT2D eigenvalue weighted by atomic mass is 19.1. The van der Waals surface area contributed by atoms with Gasteiger partial charge in [0.25, 0.3) is 5.56 Å². The number of hydrogen-bond acceptors (Lipinski definition) is 5. The molecule has 5 rings (SSSR count).